The Kier molecular flexibility index (Phi) is 4.99. The molecule has 0 spiro atoms. The first kappa shape index (κ1) is 13.5. The number of aliphatic hydroxyl groups excluding tert-OH is 1. The van der Waals surface area contributed by atoms with Gasteiger partial charge in [0.15, 0.2) is 0 Å². The molecule has 0 bridgehead atoms. The SMILES string of the molecule is Cc1ccc(NCC(O)CC(C)C)c(C#N)c1. The molecular formula is C14H20N2O. The molecule has 1 rings (SSSR count). The molecular weight excluding hydrogens is 212 g/mol. The number of nitrogens with one attached hydrogen (secondary N) is 1. The van der Waals surface area contributed by atoms with Crippen LogP contribution in [0.25, 0.3) is 0 Å². The molecule has 2 N–H and O–H groups in total. The number of nitriles is 1. The highest BCUT2D eigenvalue weighted by molar-refractivity contribution is 5.58. The predicted molar refractivity (Wildman–Crippen MR) is 69.8 cm³/mol. The molecule has 3 heteroatoms. The van der Waals surface area contributed by atoms with Crippen molar-refractivity contribution >= 4 is 5.69 Å². The van der Waals surface area contributed by atoms with Gasteiger partial charge in [0, 0.05) is 6.54 Å². The van der Waals surface area contributed by atoms with Gasteiger partial charge in [-0.05, 0) is 37.0 Å². The molecule has 0 aliphatic carbocycles. The van der Waals surface area contributed by atoms with Gasteiger partial charge < -0.3 is 10.4 Å². The average molecular weight is 232 g/mol. The smallest absolute Gasteiger partial charge is 0.101 e. The number of hydrogen-bond donors (Lipinski definition) is 2. The van der Waals surface area contributed by atoms with E-state index in [0.717, 1.165) is 17.7 Å². The van der Waals surface area contributed by atoms with Gasteiger partial charge in [-0.1, -0.05) is 19.9 Å². The van der Waals surface area contributed by atoms with Gasteiger partial charge in [0.05, 0.1) is 17.4 Å². The summed E-state index contributed by atoms with van der Waals surface area (Å²) in [4.78, 5) is 0. The van der Waals surface area contributed by atoms with Crippen LogP contribution in [-0.2, 0) is 0 Å². The van der Waals surface area contributed by atoms with Crippen molar-refractivity contribution in [1.29, 1.82) is 5.26 Å². The van der Waals surface area contributed by atoms with E-state index in [0.29, 0.717) is 18.0 Å². The molecule has 0 fully saturated rings. The van der Waals surface area contributed by atoms with Crippen molar-refractivity contribution < 1.29 is 5.11 Å². The Balaban J connectivity index is 2.61. The predicted octanol–water partition coefficient (Wildman–Crippen LogP) is 2.69. The lowest BCUT2D eigenvalue weighted by Gasteiger charge is -2.15. The minimum atomic E-state index is -0.372. The number of hydrogen-bond acceptors (Lipinski definition) is 3. The number of aliphatic hydroxyl groups is 1. The zero-order chi connectivity index (χ0) is 12.8. The minimum Gasteiger partial charge on any atom is -0.391 e. The second kappa shape index (κ2) is 6.27. The Morgan fingerprint density at radius 1 is 1.41 bits per heavy atom. The van der Waals surface area contributed by atoms with Crippen LogP contribution in [0.2, 0.25) is 0 Å². The quantitative estimate of drug-likeness (QED) is 0.820. The molecule has 0 aliphatic heterocycles. The number of nitrogens with zero attached hydrogens (tertiary/aromatic N) is 1. The van der Waals surface area contributed by atoms with E-state index in [1.54, 1.807) is 0 Å². The van der Waals surface area contributed by atoms with Gasteiger partial charge in [0.25, 0.3) is 0 Å². The lowest BCUT2D eigenvalue weighted by atomic mass is 10.1. The second-order valence-electron chi connectivity index (χ2n) is 4.83. The summed E-state index contributed by atoms with van der Waals surface area (Å²) in [6.07, 6.45) is 0.392. The number of rotatable bonds is 5. The fourth-order valence-corrected chi connectivity index (χ4v) is 1.76. The van der Waals surface area contributed by atoms with E-state index in [4.69, 9.17) is 5.26 Å². The van der Waals surface area contributed by atoms with Crippen LogP contribution < -0.4 is 5.32 Å². The van der Waals surface area contributed by atoms with Crippen molar-refractivity contribution in [2.45, 2.75) is 33.3 Å². The molecule has 0 amide bonds. The Bertz CT molecular complexity index is 407. The van der Waals surface area contributed by atoms with E-state index in [1.165, 1.54) is 0 Å². The molecule has 0 saturated carbocycles. The van der Waals surface area contributed by atoms with E-state index < -0.39 is 0 Å². The molecule has 92 valence electrons. The summed E-state index contributed by atoms with van der Waals surface area (Å²) in [5, 5.41) is 21.9. The zero-order valence-corrected chi connectivity index (χ0v) is 10.7. The van der Waals surface area contributed by atoms with Crippen molar-refractivity contribution in [3.8, 4) is 6.07 Å². The first-order valence-electron chi connectivity index (χ1n) is 5.95. The maximum absolute atomic E-state index is 9.75. The third-order valence-electron chi connectivity index (χ3n) is 2.57. The monoisotopic (exact) mass is 232 g/mol. The van der Waals surface area contributed by atoms with Gasteiger partial charge in [-0.2, -0.15) is 5.26 Å². The van der Waals surface area contributed by atoms with Gasteiger partial charge in [0.1, 0.15) is 6.07 Å². The standard InChI is InChI=1S/C14H20N2O/c1-10(2)6-13(17)9-16-14-5-4-11(3)7-12(14)8-15/h4-5,7,10,13,16-17H,6,9H2,1-3H3. The molecule has 1 unspecified atom stereocenters. The van der Waals surface area contributed by atoms with E-state index in [2.05, 4.69) is 25.2 Å². The zero-order valence-electron chi connectivity index (χ0n) is 10.7. The number of aryl methyl sites for hydroxylation is 1. The summed E-state index contributed by atoms with van der Waals surface area (Å²) in [6, 6.07) is 7.84. The van der Waals surface area contributed by atoms with Crippen LogP contribution in [0, 0.1) is 24.2 Å². The Labute approximate surface area is 103 Å². The summed E-state index contributed by atoms with van der Waals surface area (Å²) in [5.74, 6) is 0.472. The van der Waals surface area contributed by atoms with Gasteiger partial charge in [-0.15, -0.1) is 0 Å². The molecule has 0 radical (unpaired) electrons. The molecule has 1 atom stereocenters. The van der Waals surface area contributed by atoms with Crippen molar-refractivity contribution in [2.75, 3.05) is 11.9 Å². The van der Waals surface area contributed by atoms with Gasteiger partial charge in [-0.3, -0.25) is 0 Å². The van der Waals surface area contributed by atoms with Crippen LogP contribution in [0.15, 0.2) is 18.2 Å². The van der Waals surface area contributed by atoms with Crippen LogP contribution in [-0.4, -0.2) is 17.8 Å². The van der Waals surface area contributed by atoms with Crippen molar-refractivity contribution in [3.05, 3.63) is 29.3 Å². The third-order valence-corrected chi connectivity index (χ3v) is 2.57. The molecule has 0 saturated heterocycles. The highest BCUT2D eigenvalue weighted by Gasteiger charge is 2.08. The molecule has 1 aromatic carbocycles. The fourth-order valence-electron chi connectivity index (χ4n) is 1.76. The van der Waals surface area contributed by atoms with Crippen LogP contribution in [0.3, 0.4) is 0 Å². The third kappa shape index (κ3) is 4.46. The van der Waals surface area contributed by atoms with Crippen molar-refractivity contribution in [1.82, 2.24) is 0 Å². The summed E-state index contributed by atoms with van der Waals surface area (Å²) in [6.45, 7) is 6.60. The first-order valence-corrected chi connectivity index (χ1v) is 5.95. The molecule has 1 aromatic rings. The van der Waals surface area contributed by atoms with Crippen molar-refractivity contribution in [3.63, 3.8) is 0 Å². The molecule has 3 nitrogen and oxygen atoms in total. The van der Waals surface area contributed by atoms with Gasteiger partial charge in [-0.25, -0.2) is 0 Å². The maximum atomic E-state index is 9.75. The topological polar surface area (TPSA) is 56.0 Å². The summed E-state index contributed by atoms with van der Waals surface area (Å²) < 4.78 is 0. The average Bonchev–Trinajstić information content (AvgIpc) is 2.26. The van der Waals surface area contributed by atoms with Crippen LogP contribution in [0.1, 0.15) is 31.4 Å². The molecule has 0 aliphatic rings. The second-order valence-corrected chi connectivity index (χ2v) is 4.83. The Hall–Kier alpha value is -1.53. The largest absolute Gasteiger partial charge is 0.391 e. The van der Waals surface area contributed by atoms with E-state index in [-0.39, 0.29) is 6.10 Å². The highest BCUT2D eigenvalue weighted by atomic mass is 16.3. The van der Waals surface area contributed by atoms with Crippen LogP contribution >= 0.6 is 0 Å². The van der Waals surface area contributed by atoms with E-state index in [9.17, 15) is 5.11 Å². The summed E-state index contributed by atoms with van der Waals surface area (Å²) in [7, 11) is 0. The van der Waals surface area contributed by atoms with E-state index >= 15 is 0 Å². The lowest BCUT2D eigenvalue weighted by Crippen LogP contribution is -2.21. The number of benzene rings is 1. The normalized spacial score (nSPS) is 12.2. The maximum Gasteiger partial charge on any atom is 0.101 e. The van der Waals surface area contributed by atoms with Crippen LogP contribution in [0.4, 0.5) is 5.69 Å². The van der Waals surface area contributed by atoms with E-state index in [1.807, 2.05) is 25.1 Å². The van der Waals surface area contributed by atoms with Gasteiger partial charge in [0.2, 0.25) is 0 Å². The highest BCUT2D eigenvalue weighted by Crippen LogP contribution is 2.16. The Morgan fingerprint density at radius 2 is 2.12 bits per heavy atom. The fraction of sp³-hybridized carbons (Fsp3) is 0.500. The summed E-state index contributed by atoms with van der Waals surface area (Å²) in [5.41, 5.74) is 2.48. The molecule has 0 heterocycles. The van der Waals surface area contributed by atoms with Crippen LogP contribution in [0.5, 0.6) is 0 Å². The summed E-state index contributed by atoms with van der Waals surface area (Å²) >= 11 is 0. The molecule has 0 aromatic heterocycles. The first-order chi connectivity index (χ1) is 8.02. The lowest BCUT2D eigenvalue weighted by molar-refractivity contribution is 0.161. The molecule has 17 heavy (non-hydrogen) atoms. The minimum absolute atomic E-state index is 0.372. The Morgan fingerprint density at radius 3 is 2.71 bits per heavy atom. The van der Waals surface area contributed by atoms with Gasteiger partial charge >= 0.3 is 0 Å². The van der Waals surface area contributed by atoms with Crippen molar-refractivity contribution in [2.24, 2.45) is 5.92 Å². The number of anilines is 1.